The zero-order valence-electron chi connectivity index (χ0n) is 21.7. The first kappa shape index (κ1) is 25.8. The van der Waals surface area contributed by atoms with Gasteiger partial charge in [-0.25, -0.2) is 13.3 Å². The fraction of sp³-hybridized carbons (Fsp3) is 0.226. The predicted octanol–water partition coefficient (Wildman–Crippen LogP) is 5.79. The lowest BCUT2D eigenvalue weighted by Crippen LogP contribution is -2.45. The lowest BCUT2D eigenvalue weighted by atomic mass is 10.0. The van der Waals surface area contributed by atoms with Gasteiger partial charge in [0.1, 0.15) is 6.04 Å². The van der Waals surface area contributed by atoms with Crippen LogP contribution in [0, 0.1) is 6.92 Å². The van der Waals surface area contributed by atoms with Gasteiger partial charge in [0.2, 0.25) is 15.9 Å². The minimum Gasteiger partial charge on any atom is -0.274 e. The van der Waals surface area contributed by atoms with Crippen molar-refractivity contribution in [3.8, 4) is 0 Å². The number of nitrogens with zero attached hydrogens (tertiary/aromatic N) is 2. The standard InChI is InChI=1S/C31H30N2O4S/c1-21(2)24-12-15-27(16-13-24)33-30(34)19-29(31(33)35)32(20-23-10-8-22(3)9-11-23)38(36,37)28-17-14-25-6-4-5-7-26(25)18-28/h4-18,21,29H,19-20H2,1-3H3. The molecule has 0 bridgehead atoms. The minimum absolute atomic E-state index is 0.0285. The fourth-order valence-electron chi connectivity index (χ4n) is 4.82. The predicted molar refractivity (Wildman–Crippen MR) is 149 cm³/mol. The molecule has 1 aliphatic heterocycles. The molecule has 38 heavy (non-hydrogen) atoms. The summed E-state index contributed by atoms with van der Waals surface area (Å²) >= 11 is 0. The van der Waals surface area contributed by atoms with Crippen molar-refractivity contribution >= 4 is 38.3 Å². The molecule has 1 heterocycles. The normalized spacial score (nSPS) is 16.2. The number of hydrogen-bond donors (Lipinski definition) is 0. The van der Waals surface area contributed by atoms with Crippen LogP contribution in [0.15, 0.2) is 95.9 Å². The van der Waals surface area contributed by atoms with Crippen LogP contribution >= 0.6 is 0 Å². The molecule has 0 aromatic heterocycles. The first-order chi connectivity index (χ1) is 18.1. The van der Waals surface area contributed by atoms with Crippen LogP contribution in [-0.4, -0.2) is 30.6 Å². The fourth-order valence-corrected chi connectivity index (χ4v) is 6.43. The van der Waals surface area contributed by atoms with Crippen LogP contribution in [0.5, 0.6) is 0 Å². The Hall–Kier alpha value is -3.81. The number of amides is 2. The van der Waals surface area contributed by atoms with Crippen LogP contribution in [0.2, 0.25) is 0 Å². The Bertz CT molecular complexity index is 1610. The number of fused-ring (bicyclic) bond motifs is 1. The molecule has 2 amide bonds. The van der Waals surface area contributed by atoms with Gasteiger partial charge in [-0.2, -0.15) is 4.31 Å². The molecule has 4 aromatic rings. The Morgan fingerprint density at radius 3 is 2.18 bits per heavy atom. The van der Waals surface area contributed by atoms with E-state index in [0.29, 0.717) is 11.6 Å². The number of carbonyl (C=O) groups excluding carboxylic acids is 2. The van der Waals surface area contributed by atoms with Crippen molar-refractivity contribution in [2.45, 2.75) is 50.6 Å². The van der Waals surface area contributed by atoms with E-state index in [4.69, 9.17) is 0 Å². The Balaban J connectivity index is 1.55. The van der Waals surface area contributed by atoms with Crippen LogP contribution in [0.4, 0.5) is 5.69 Å². The summed E-state index contributed by atoms with van der Waals surface area (Å²) in [5.74, 6) is -0.650. The first-order valence-electron chi connectivity index (χ1n) is 12.7. The summed E-state index contributed by atoms with van der Waals surface area (Å²) in [6, 6.07) is 26.1. The van der Waals surface area contributed by atoms with E-state index in [1.165, 1.54) is 4.31 Å². The molecular formula is C31H30N2O4S. The molecule has 0 saturated carbocycles. The van der Waals surface area contributed by atoms with Gasteiger partial charge in [-0.15, -0.1) is 0 Å². The number of rotatable bonds is 7. The highest BCUT2D eigenvalue weighted by molar-refractivity contribution is 7.89. The van der Waals surface area contributed by atoms with Gasteiger partial charge in [0.25, 0.3) is 5.91 Å². The molecule has 194 valence electrons. The number of carbonyl (C=O) groups is 2. The topological polar surface area (TPSA) is 74.8 Å². The zero-order chi connectivity index (χ0) is 27.0. The zero-order valence-corrected chi connectivity index (χ0v) is 22.5. The lowest BCUT2D eigenvalue weighted by Gasteiger charge is -2.27. The van der Waals surface area contributed by atoms with Gasteiger partial charge in [0.05, 0.1) is 17.0 Å². The van der Waals surface area contributed by atoms with Crippen LogP contribution in [-0.2, 0) is 26.2 Å². The maximum Gasteiger partial charge on any atom is 0.252 e. The Labute approximate surface area is 223 Å². The van der Waals surface area contributed by atoms with Crippen molar-refractivity contribution in [3.63, 3.8) is 0 Å². The average Bonchev–Trinajstić information content (AvgIpc) is 3.20. The molecule has 4 aromatic carbocycles. The summed E-state index contributed by atoms with van der Waals surface area (Å²) in [7, 11) is -4.13. The molecule has 1 atom stereocenters. The van der Waals surface area contributed by atoms with E-state index in [1.54, 1.807) is 30.3 Å². The molecular weight excluding hydrogens is 496 g/mol. The van der Waals surface area contributed by atoms with Gasteiger partial charge in [-0.1, -0.05) is 86.1 Å². The molecule has 1 aliphatic rings. The van der Waals surface area contributed by atoms with Crippen LogP contribution < -0.4 is 4.90 Å². The number of benzene rings is 4. The third-order valence-electron chi connectivity index (χ3n) is 7.07. The molecule has 5 rings (SSSR count). The van der Waals surface area contributed by atoms with E-state index in [0.717, 1.165) is 32.4 Å². The molecule has 1 unspecified atom stereocenters. The van der Waals surface area contributed by atoms with Crippen molar-refractivity contribution in [1.29, 1.82) is 0 Å². The highest BCUT2D eigenvalue weighted by Gasteiger charge is 2.47. The molecule has 7 heteroatoms. The van der Waals surface area contributed by atoms with Crippen molar-refractivity contribution in [3.05, 3.63) is 108 Å². The molecule has 0 spiro atoms. The van der Waals surface area contributed by atoms with Crippen molar-refractivity contribution in [1.82, 2.24) is 4.31 Å². The second-order valence-corrected chi connectivity index (χ2v) is 12.0. The number of hydrogen-bond acceptors (Lipinski definition) is 4. The maximum atomic E-state index is 14.1. The summed E-state index contributed by atoms with van der Waals surface area (Å²) in [5.41, 5.74) is 3.32. The molecule has 6 nitrogen and oxygen atoms in total. The second kappa shape index (κ2) is 10.2. The average molecular weight is 527 g/mol. The van der Waals surface area contributed by atoms with Gasteiger partial charge in [-0.3, -0.25) is 9.59 Å². The number of imide groups is 1. The van der Waals surface area contributed by atoms with Crippen LogP contribution in [0.25, 0.3) is 10.8 Å². The lowest BCUT2D eigenvalue weighted by molar-refractivity contribution is -0.122. The van der Waals surface area contributed by atoms with Crippen molar-refractivity contribution in [2.24, 2.45) is 0 Å². The Morgan fingerprint density at radius 2 is 1.53 bits per heavy atom. The monoisotopic (exact) mass is 526 g/mol. The van der Waals surface area contributed by atoms with Gasteiger partial charge in [0, 0.05) is 6.54 Å². The summed E-state index contributed by atoms with van der Waals surface area (Å²) in [4.78, 5) is 28.1. The van der Waals surface area contributed by atoms with Gasteiger partial charge in [-0.05, 0) is 59.0 Å². The summed E-state index contributed by atoms with van der Waals surface area (Å²) in [6.07, 6.45) is -0.219. The maximum absolute atomic E-state index is 14.1. The SMILES string of the molecule is Cc1ccc(CN(C2CC(=O)N(c3ccc(C(C)C)cc3)C2=O)S(=O)(=O)c2ccc3ccccc3c2)cc1. The molecule has 1 saturated heterocycles. The van der Waals surface area contributed by atoms with Gasteiger partial charge in [0.15, 0.2) is 0 Å². The molecule has 0 radical (unpaired) electrons. The highest BCUT2D eigenvalue weighted by atomic mass is 32.2. The molecule has 1 fully saturated rings. The highest BCUT2D eigenvalue weighted by Crippen LogP contribution is 2.32. The van der Waals surface area contributed by atoms with Crippen LogP contribution in [0.1, 0.15) is 42.9 Å². The Kier molecular flexibility index (Phi) is 6.90. The van der Waals surface area contributed by atoms with E-state index >= 15 is 0 Å². The summed E-state index contributed by atoms with van der Waals surface area (Å²) in [6.45, 7) is 6.06. The third-order valence-corrected chi connectivity index (χ3v) is 8.93. The summed E-state index contributed by atoms with van der Waals surface area (Å²) in [5, 5.41) is 1.70. The van der Waals surface area contributed by atoms with Gasteiger partial charge >= 0.3 is 0 Å². The molecule has 0 N–H and O–H groups in total. The Morgan fingerprint density at radius 1 is 0.868 bits per heavy atom. The third kappa shape index (κ3) is 4.87. The van der Waals surface area contributed by atoms with Crippen molar-refractivity contribution < 1.29 is 18.0 Å². The van der Waals surface area contributed by atoms with Crippen molar-refractivity contribution in [2.75, 3.05) is 4.90 Å². The van der Waals surface area contributed by atoms with E-state index in [2.05, 4.69) is 13.8 Å². The van der Waals surface area contributed by atoms with E-state index < -0.39 is 27.9 Å². The van der Waals surface area contributed by atoms with Crippen LogP contribution in [0.3, 0.4) is 0 Å². The number of aryl methyl sites for hydroxylation is 1. The largest absolute Gasteiger partial charge is 0.274 e. The quantitative estimate of drug-likeness (QED) is 0.286. The molecule has 0 aliphatic carbocycles. The van der Waals surface area contributed by atoms with E-state index in [-0.39, 0.29) is 17.9 Å². The van der Waals surface area contributed by atoms with E-state index in [9.17, 15) is 18.0 Å². The second-order valence-electron chi connectivity index (χ2n) is 10.1. The number of anilines is 1. The number of sulfonamides is 1. The summed E-state index contributed by atoms with van der Waals surface area (Å²) < 4.78 is 29.4. The minimum atomic E-state index is -4.13. The first-order valence-corrected chi connectivity index (χ1v) is 14.1. The smallest absolute Gasteiger partial charge is 0.252 e. The van der Waals surface area contributed by atoms with E-state index in [1.807, 2.05) is 67.6 Å². The van der Waals surface area contributed by atoms with Gasteiger partial charge < -0.3 is 0 Å².